The summed E-state index contributed by atoms with van der Waals surface area (Å²) < 4.78 is 4.48. The lowest BCUT2D eigenvalue weighted by Crippen LogP contribution is -2.46. The van der Waals surface area contributed by atoms with Crippen LogP contribution in [0.5, 0.6) is 0 Å². The average Bonchev–Trinajstić information content (AvgIpc) is 3.24. The Hall–Kier alpha value is -1.95. The summed E-state index contributed by atoms with van der Waals surface area (Å²) in [7, 11) is 0. The van der Waals surface area contributed by atoms with Crippen LogP contribution in [0.4, 0.5) is 5.13 Å². The van der Waals surface area contributed by atoms with E-state index in [0.717, 1.165) is 43.2 Å². The van der Waals surface area contributed by atoms with Crippen LogP contribution in [0.15, 0.2) is 30.3 Å². The maximum atomic E-state index is 12.5. The highest BCUT2D eigenvalue weighted by Gasteiger charge is 2.33. The van der Waals surface area contributed by atoms with Crippen molar-refractivity contribution in [2.24, 2.45) is 0 Å². The number of anilines is 1. The Balaban J connectivity index is 1.68. The molecule has 1 aliphatic heterocycles. The SMILES string of the molecule is CC[C@H](C)NC(=O)[C@H]1CCCN1c1nc(Cc2ccccc2)ns1. The molecule has 2 heterocycles. The van der Waals surface area contributed by atoms with E-state index < -0.39 is 0 Å². The van der Waals surface area contributed by atoms with Crippen LogP contribution >= 0.6 is 11.5 Å². The zero-order valence-corrected chi connectivity index (χ0v) is 15.1. The second-order valence-electron chi connectivity index (χ2n) is 6.32. The van der Waals surface area contributed by atoms with Gasteiger partial charge in [-0.15, -0.1) is 0 Å². The molecule has 0 radical (unpaired) electrons. The number of nitrogens with zero attached hydrogens (tertiary/aromatic N) is 3. The summed E-state index contributed by atoms with van der Waals surface area (Å²) in [5, 5.41) is 3.96. The highest BCUT2D eigenvalue weighted by Crippen LogP contribution is 2.27. The predicted octanol–water partition coefficient (Wildman–Crippen LogP) is 3.01. The number of benzene rings is 1. The number of hydrogen-bond acceptors (Lipinski definition) is 5. The molecule has 1 fully saturated rings. The number of carbonyl (C=O) groups is 1. The fraction of sp³-hybridized carbons (Fsp3) is 0.500. The molecule has 2 aromatic rings. The molecule has 0 saturated carbocycles. The van der Waals surface area contributed by atoms with Crippen LogP contribution in [0, 0.1) is 0 Å². The molecule has 1 aliphatic rings. The van der Waals surface area contributed by atoms with Gasteiger partial charge in [0.25, 0.3) is 0 Å². The summed E-state index contributed by atoms with van der Waals surface area (Å²) in [6.07, 6.45) is 3.58. The molecule has 0 spiro atoms. The van der Waals surface area contributed by atoms with Gasteiger partial charge in [0.05, 0.1) is 0 Å². The minimum Gasteiger partial charge on any atom is -0.352 e. The molecule has 0 aliphatic carbocycles. The van der Waals surface area contributed by atoms with Crippen LogP contribution in [0.2, 0.25) is 0 Å². The van der Waals surface area contributed by atoms with Gasteiger partial charge in [-0.3, -0.25) is 4.79 Å². The Bertz CT molecular complexity index is 673. The van der Waals surface area contributed by atoms with Gasteiger partial charge < -0.3 is 10.2 Å². The third-order valence-corrected chi connectivity index (χ3v) is 5.26. The van der Waals surface area contributed by atoms with E-state index >= 15 is 0 Å². The van der Waals surface area contributed by atoms with Crippen molar-refractivity contribution < 1.29 is 4.79 Å². The first kappa shape index (κ1) is 16.9. The fourth-order valence-electron chi connectivity index (χ4n) is 2.92. The van der Waals surface area contributed by atoms with Gasteiger partial charge in [0, 0.05) is 30.5 Å². The summed E-state index contributed by atoms with van der Waals surface area (Å²) in [6.45, 7) is 5.00. The van der Waals surface area contributed by atoms with Crippen LogP contribution in [0.3, 0.4) is 0 Å². The van der Waals surface area contributed by atoms with Gasteiger partial charge in [0.15, 0.2) is 0 Å². The van der Waals surface area contributed by atoms with Gasteiger partial charge in [-0.2, -0.15) is 4.37 Å². The van der Waals surface area contributed by atoms with E-state index in [1.165, 1.54) is 17.1 Å². The van der Waals surface area contributed by atoms with Gasteiger partial charge in [0.2, 0.25) is 11.0 Å². The third kappa shape index (κ3) is 3.93. The van der Waals surface area contributed by atoms with Gasteiger partial charge in [-0.1, -0.05) is 37.3 Å². The maximum Gasteiger partial charge on any atom is 0.242 e. The van der Waals surface area contributed by atoms with Crippen molar-refractivity contribution in [3.63, 3.8) is 0 Å². The first-order valence-corrected chi connectivity index (χ1v) is 9.38. The van der Waals surface area contributed by atoms with Crippen molar-refractivity contribution >= 4 is 22.6 Å². The van der Waals surface area contributed by atoms with E-state index in [1.807, 2.05) is 25.1 Å². The summed E-state index contributed by atoms with van der Waals surface area (Å²) in [5.74, 6) is 0.941. The van der Waals surface area contributed by atoms with Crippen LogP contribution < -0.4 is 10.2 Å². The zero-order chi connectivity index (χ0) is 16.9. The monoisotopic (exact) mass is 344 g/mol. The molecule has 1 amide bonds. The van der Waals surface area contributed by atoms with E-state index in [1.54, 1.807) is 0 Å². The van der Waals surface area contributed by atoms with Gasteiger partial charge in [0.1, 0.15) is 11.9 Å². The smallest absolute Gasteiger partial charge is 0.242 e. The van der Waals surface area contributed by atoms with Crippen LogP contribution in [0.25, 0.3) is 0 Å². The number of aromatic nitrogens is 2. The second-order valence-corrected chi connectivity index (χ2v) is 7.06. The second kappa shape index (κ2) is 7.75. The standard InChI is InChI=1S/C18H24N4OS/c1-3-13(2)19-17(23)15-10-7-11-22(15)18-20-16(21-24-18)12-14-8-5-4-6-9-14/h4-6,8-9,13,15H,3,7,10-12H2,1-2H3,(H,19,23)/t13-,15+/m0/s1. The van der Waals surface area contributed by atoms with Gasteiger partial charge in [-0.25, -0.2) is 4.98 Å². The van der Waals surface area contributed by atoms with Crippen molar-refractivity contribution in [1.29, 1.82) is 0 Å². The van der Waals surface area contributed by atoms with E-state index in [-0.39, 0.29) is 18.0 Å². The molecule has 128 valence electrons. The highest BCUT2D eigenvalue weighted by molar-refractivity contribution is 7.09. The summed E-state index contributed by atoms with van der Waals surface area (Å²) >= 11 is 1.40. The maximum absolute atomic E-state index is 12.5. The molecule has 1 saturated heterocycles. The van der Waals surface area contributed by atoms with Crippen LogP contribution in [0.1, 0.15) is 44.5 Å². The molecule has 5 nitrogen and oxygen atoms in total. The van der Waals surface area contributed by atoms with E-state index in [0.29, 0.717) is 0 Å². The Morgan fingerprint density at radius 3 is 2.96 bits per heavy atom. The molecule has 1 aromatic heterocycles. The number of rotatable bonds is 6. The number of carbonyl (C=O) groups excluding carboxylic acids is 1. The fourth-order valence-corrected chi connectivity index (χ4v) is 3.68. The lowest BCUT2D eigenvalue weighted by Gasteiger charge is -2.24. The van der Waals surface area contributed by atoms with Gasteiger partial charge >= 0.3 is 0 Å². The summed E-state index contributed by atoms with van der Waals surface area (Å²) in [5.41, 5.74) is 1.20. The number of hydrogen-bond donors (Lipinski definition) is 1. The summed E-state index contributed by atoms with van der Waals surface area (Å²) in [4.78, 5) is 19.3. The largest absolute Gasteiger partial charge is 0.352 e. The topological polar surface area (TPSA) is 58.1 Å². The van der Waals surface area contributed by atoms with E-state index in [4.69, 9.17) is 0 Å². The molecular weight excluding hydrogens is 320 g/mol. The van der Waals surface area contributed by atoms with E-state index in [2.05, 4.69) is 38.6 Å². The summed E-state index contributed by atoms with van der Waals surface area (Å²) in [6, 6.07) is 10.3. The van der Waals surface area contributed by atoms with Crippen molar-refractivity contribution in [2.45, 2.75) is 51.6 Å². The Morgan fingerprint density at radius 1 is 1.42 bits per heavy atom. The quantitative estimate of drug-likeness (QED) is 0.875. The molecule has 2 atom stereocenters. The Kier molecular flexibility index (Phi) is 5.45. The first-order valence-electron chi connectivity index (χ1n) is 8.61. The molecule has 24 heavy (non-hydrogen) atoms. The molecule has 0 bridgehead atoms. The molecular formula is C18H24N4OS. The van der Waals surface area contributed by atoms with Crippen molar-refractivity contribution in [2.75, 3.05) is 11.4 Å². The minimum atomic E-state index is -0.114. The van der Waals surface area contributed by atoms with Crippen molar-refractivity contribution in [1.82, 2.24) is 14.7 Å². The lowest BCUT2D eigenvalue weighted by atomic mass is 10.1. The highest BCUT2D eigenvalue weighted by atomic mass is 32.1. The zero-order valence-electron chi connectivity index (χ0n) is 14.2. The van der Waals surface area contributed by atoms with Crippen molar-refractivity contribution in [3.8, 4) is 0 Å². The van der Waals surface area contributed by atoms with E-state index in [9.17, 15) is 4.79 Å². The Labute approximate surface area is 147 Å². The third-order valence-electron chi connectivity index (χ3n) is 4.46. The molecule has 3 rings (SSSR count). The van der Waals surface area contributed by atoms with Crippen LogP contribution in [-0.2, 0) is 11.2 Å². The number of nitrogens with one attached hydrogen (secondary N) is 1. The molecule has 1 N–H and O–H groups in total. The molecule has 1 aromatic carbocycles. The van der Waals surface area contributed by atoms with Crippen LogP contribution in [-0.4, -0.2) is 33.9 Å². The number of amides is 1. The normalized spacial score (nSPS) is 18.6. The molecule has 0 unspecified atom stereocenters. The first-order chi connectivity index (χ1) is 11.7. The average molecular weight is 344 g/mol. The predicted molar refractivity (Wildman–Crippen MR) is 97.4 cm³/mol. The molecule has 6 heteroatoms. The van der Waals surface area contributed by atoms with Crippen molar-refractivity contribution in [3.05, 3.63) is 41.7 Å². The van der Waals surface area contributed by atoms with Gasteiger partial charge in [-0.05, 0) is 31.7 Å². The lowest BCUT2D eigenvalue weighted by molar-refractivity contribution is -0.122. The minimum absolute atomic E-state index is 0.113. The Morgan fingerprint density at radius 2 is 2.21 bits per heavy atom.